The number of benzene rings is 1. The number of carbonyl (C=O) groups is 1. The molecule has 0 radical (unpaired) electrons. The second-order valence-corrected chi connectivity index (χ2v) is 3.55. The smallest absolute Gasteiger partial charge is 0.256 e. The summed E-state index contributed by atoms with van der Waals surface area (Å²) in [6, 6.07) is 3.54. The molecule has 0 aliphatic carbocycles. The van der Waals surface area contributed by atoms with E-state index in [-0.39, 0.29) is 11.4 Å². The zero-order valence-corrected chi connectivity index (χ0v) is 9.60. The number of halogens is 3. The summed E-state index contributed by atoms with van der Waals surface area (Å²) >= 11 is 5.52. The lowest BCUT2D eigenvalue weighted by molar-refractivity contribution is 0.0768. The number of carbonyl (C=O) groups excluding carboxylic acids is 1. The van der Waals surface area contributed by atoms with Gasteiger partial charge in [0, 0.05) is 19.0 Å². The maximum absolute atomic E-state index is 13.3. The second kappa shape index (κ2) is 5.80. The normalized spacial score (nSPS) is 10.2. The van der Waals surface area contributed by atoms with Crippen molar-refractivity contribution >= 4 is 17.5 Å². The van der Waals surface area contributed by atoms with Gasteiger partial charge in [0.2, 0.25) is 0 Å². The van der Waals surface area contributed by atoms with Crippen molar-refractivity contribution in [2.24, 2.45) is 0 Å². The van der Waals surface area contributed by atoms with Crippen molar-refractivity contribution in [2.45, 2.75) is 6.92 Å². The average Bonchev–Trinajstić information content (AvgIpc) is 2.29. The van der Waals surface area contributed by atoms with Crippen LogP contribution >= 0.6 is 11.6 Å². The molecule has 0 N–H and O–H groups in total. The fourth-order valence-corrected chi connectivity index (χ4v) is 1.55. The van der Waals surface area contributed by atoms with Crippen molar-refractivity contribution in [1.29, 1.82) is 0 Å². The van der Waals surface area contributed by atoms with Crippen LogP contribution < -0.4 is 0 Å². The van der Waals surface area contributed by atoms with E-state index in [0.29, 0.717) is 13.1 Å². The SMILES string of the molecule is CCN(CCCl)C(=O)c1cccc(F)c1F. The molecular formula is C11H12ClF2NO. The fraction of sp³-hybridized carbons (Fsp3) is 0.364. The Hall–Kier alpha value is -1.16. The van der Waals surface area contributed by atoms with Gasteiger partial charge in [-0.05, 0) is 19.1 Å². The van der Waals surface area contributed by atoms with Crippen LogP contribution in [-0.4, -0.2) is 29.8 Å². The van der Waals surface area contributed by atoms with Gasteiger partial charge in [0.05, 0.1) is 5.56 Å². The molecule has 0 atom stereocenters. The van der Waals surface area contributed by atoms with Crippen molar-refractivity contribution in [3.63, 3.8) is 0 Å². The molecule has 0 spiro atoms. The molecule has 16 heavy (non-hydrogen) atoms. The van der Waals surface area contributed by atoms with E-state index in [9.17, 15) is 13.6 Å². The first kappa shape index (κ1) is 12.9. The molecule has 1 rings (SSSR count). The number of amides is 1. The van der Waals surface area contributed by atoms with Crippen LogP contribution in [0.3, 0.4) is 0 Å². The van der Waals surface area contributed by atoms with Crippen LogP contribution in [0.2, 0.25) is 0 Å². The van der Waals surface area contributed by atoms with Crippen LogP contribution in [0.5, 0.6) is 0 Å². The molecule has 0 saturated heterocycles. The van der Waals surface area contributed by atoms with E-state index >= 15 is 0 Å². The van der Waals surface area contributed by atoms with Crippen molar-refractivity contribution in [3.8, 4) is 0 Å². The Kier molecular flexibility index (Phi) is 4.68. The van der Waals surface area contributed by atoms with E-state index in [2.05, 4.69) is 0 Å². The topological polar surface area (TPSA) is 20.3 Å². The lowest BCUT2D eigenvalue weighted by Crippen LogP contribution is -2.33. The quantitative estimate of drug-likeness (QED) is 0.749. The summed E-state index contributed by atoms with van der Waals surface area (Å²) in [4.78, 5) is 13.2. The molecule has 0 aromatic heterocycles. The van der Waals surface area contributed by atoms with Gasteiger partial charge >= 0.3 is 0 Å². The highest BCUT2D eigenvalue weighted by Gasteiger charge is 2.19. The number of hydrogen-bond donors (Lipinski definition) is 0. The van der Waals surface area contributed by atoms with E-state index < -0.39 is 17.5 Å². The lowest BCUT2D eigenvalue weighted by atomic mass is 10.2. The lowest BCUT2D eigenvalue weighted by Gasteiger charge is -2.19. The second-order valence-electron chi connectivity index (χ2n) is 3.18. The van der Waals surface area contributed by atoms with Gasteiger partial charge in [-0.1, -0.05) is 6.07 Å². The number of rotatable bonds is 4. The highest BCUT2D eigenvalue weighted by molar-refractivity contribution is 6.18. The van der Waals surface area contributed by atoms with Crippen molar-refractivity contribution in [2.75, 3.05) is 19.0 Å². The Bertz CT molecular complexity index is 384. The molecular weight excluding hydrogens is 236 g/mol. The summed E-state index contributed by atoms with van der Waals surface area (Å²) in [7, 11) is 0. The largest absolute Gasteiger partial charge is 0.338 e. The van der Waals surface area contributed by atoms with E-state index in [0.717, 1.165) is 6.07 Å². The van der Waals surface area contributed by atoms with Crippen LogP contribution in [0.25, 0.3) is 0 Å². The first-order valence-electron chi connectivity index (χ1n) is 4.91. The summed E-state index contributed by atoms with van der Waals surface area (Å²) in [5, 5.41) is 0. The Morgan fingerprint density at radius 3 is 2.69 bits per heavy atom. The number of hydrogen-bond acceptors (Lipinski definition) is 1. The van der Waals surface area contributed by atoms with E-state index in [1.165, 1.54) is 17.0 Å². The summed E-state index contributed by atoms with van der Waals surface area (Å²) < 4.78 is 26.3. The molecule has 0 aliphatic heterocycles. The Balaban J connectivity index is 2.99. The Morgan fingerprint density at radius 1 is 1.44 bits per heavy atom. The van der Waals surface area contributed by atoms with Gasteiger partial charge in [0.1, 0.15) is 0 Å². The summed E-state index contributed by atoms with van der Waals surface area (Å²) in [6.07, 6.45) is 0. The van der Waals surface area contributed by atoms with Crippen LogP contribution in [0.15, 0.2) is 18.2 Å². The third-order valence-corrected chi connectivity index (χ3v) is 2.37. The molecule has 1 amide bonds. The van der Waals surface area contributed by atoms with Gasteiger partial charge < -0.3 is 4.90 Å². The molecule has 0 aliphatic rings. The monoisotopic (exact) mass is 247 g/mol. The first-order chi connectivity index (χ1) is 7.61. The molecule has 1 aromatic carbocycles. The minimum Gasteiger partial charge on any atom is -0.338 e. The minimum absolute atomic E-state index is 0.257. The molecule has 0 bridgehead atoms. The minimum atomic E-state index is -1.11. The highest BCUT2D eigenvalue weighted by atomic mass is 35.5. The number of nitrogens with zero attached hydrogens (tertiary/aromatic N) is 1. The van der Waals surface area contributed by atoms with E-state index in [1.807, 2.05) is 0 Å². The molecule has 1 aromatic rings. The van der Waals surface area contributed by atoms with Crippen molar-refractivity contribution in [1.82, 2.24) is 4.90 Å². The van der Waals surface area contributed by atoms with Crippen LogP contribution in [-0.2, 0) is 0 Å². The van der Waals surface area contributed by atoms with Crippen LogP contribution in [0.4, 0.5) is 8.78 Å². The van der Waals surface area contributed by atoms with Gasteiger partial charge in [-0.2, -0.15) is 0 Å². The van der Waals surface area contributed by atoms with Gasteiger partial charge in [0.25, 0.3) is 5.91 Å². The molecule has 0 fully saturated rings. The molecule has 0 heterocycles. The van der Waals surface area contributed by atoms with Crippen LogP contribution in [0, 0.1) is 11.6 Å². The van der Waals surface area contributed by atoms with E-state index in [1.54, 1.807) is 6.92 Å². The van der Waals surface area contributed by atoms with Gasteiger partial charge in [0.15, 0.2) is 11.6 Å². The predicted molar refractivity (Wildman–Crippen MR) is 58.7 cm³/mol. The zero-order valence-electron chi connectivity index (χ0n) is 8.84. The van der Waals surface area contributed by atoms with Gasteiger partial charge in [-0.15, -0.1) is 11.6 Å². The first-order valence-corrected chi connectivity index (χ1v) is 5.44. The molecule has 88 valence electrons. The third kappa shape index (κ3) is 2.70. The molecule has 2 nitrogen and oxygen atoms in total. The molecule has 5 heteroatoms. The van der Waals surface area contributed by atoms with Crippen molar-refractivity contribution < 1.29 is 13.6 Å². The Morgan fingerprint density at radius 2 is 2.12 bits per heavy atom. The van der Waals surface area contributed by atoms with Crippen LogP contribution in [0.1, 0.15) is 17.3 Å². The van der Waals surface area contributed by atoms with Gasteiger partial charge in [-0.3, -0.25) is 4.79 Å². The maximum atomic E-state index is 13.3. The standard InChI is InChI=1S/C11H12ClF2NO/c1-2-15(7-6-12)11(16)8-4-3-5-9(13)10(8)14/h3-5H,2,6-7H2,1H3. The molecule has 0 saturated carbocycles. The van der Waals surface area contributed by atoms with Crippen molar-refractivity contribution in [3.05, 3.63) is 35.4 Å². The third-order valence-electron chi connectivity index (χ3n) is 2.21. The predicted octanol–water partition coefficient (Wildman–Crippen LogP) is 2.67. The Labute approximate surface area is 97.8 Å². The summed E-state index contributed by atoms with van der Waals surface area (Å²) in [5.74, 6) is -2.41. The zero-order chi connectivity index (χ0) is 12.1. The summed E-state index contributed by atoms with van der Waals surface area (Å²) in [6.45, 7) is 2.47. The van der Waals surface area contributed by atoms with Gasteiger partial charge in [-0.25, -0.2) is 8.78 Å². The fourth-order valence-electron chi connectivity index (χ4n) is 1.34. The highest BCUT2D eigenvalue weighted by Crippen LogP contribution is 2.13. The number of alkyl halides is 1. The van der Waals surface area contributed by atoms with E-state index in [4.69, 9.17) is 11.6 Å². The molecule has 0 unspecified atom stereocenters. The summed E-state index contributed by atoms with van der Waals surface area (Å²) in [5.41, 5.74) is -0.257. The average molecular weight is 248 g/mol. The maximum Gasteiger partial charge on any atom is 0.256 e.